The maximum Gasteiger partial charge on any atom is 0.416 e. The van der Waals surface area contributed by atoms with Gasteiger partial charge in [-0.05, 0) is 56.0 Å². The van der Waals surface area contributed by atoms with Crippen LogP contribution in [0.15, 0.2) is 48.9 Å². The van der Waals surface area contributed by atoms with E-state index in [0.29, 0.717) is 42.0 Å². The van der Waals surface area contributed by atoms with Gasteiger partial charge in [-0.25, -0.2) is 15.0 Å². The molecular formula is C31H34F3N7O3. The topological polar surface area (TPSA) is 128 Å². The van der Waals surface area contributed by atoms with Crippen molar-refractivity contribution in [3.05, 3.63) is 65.9 Å². The molecule has 0 saturated carbocycles. The molecular weight excluding hydrogens is 575 g/mol. The number of aromatic nitrogens is 4. The second-order valence-electron chi connectivity index (χ2n) is 11.2. The maximum absolute atomic E-state index is 13.1. The maximum atomic E-state index is 13.1. The van der Waals surface area contributed by atoms with Gasteiger partial charge in [0, 0.05) is 55.1 Å². The van der Waals surface area contributed by atoms with Crippen LogP contribution in [0, 0.1) is 5.92 Å². The smallest absolute Gasteiger partial charge is 0.416 e. The number of amides is 2. The summed E-state index contributed by atoms with van der Waals surface area (Å²) < 4.78 is 47.2. The van der Waals surface area contributed by atoms with Gasteiger partial charge in [0.15, 0.2) is 0 Å². The molecule has 0 bridgehead atoms. The predicted molar refractivity (Wildman–Crippen MR) is 159 cm³/mol. The van der Waals surface area contributed by atoms with Gasteiger partial charge in [-0.15, -0.1) is 0 Å². The van der Waals surface area contributed by atoms with Gasteiger partial charge in [-0.1, -0.05) is 13.8 Å². The van der Waals surface area contributed by atoms with E-state index in [-0.39, 0.29) is 41.5 Å². The molecule has 0 aliphatic carbocycles. The number of likely N-dealkylation sites (tertiary alicyclic amines) is 1. The molecule has 0 radical (unpaired) electrons. The SMILES string of the molecule is CCOc1cc(C(=O)Nc2cc(C(F)(F)F)ccn2)ccc1-c1nc(C2CCCN(C(=O)CC(C)C)C2)n2ccnc(N)c12. The molecule has 1 aliphatic rings. The van der Waals surface area contributed by atoms with Crippen molar-refractivity contribution in [2.45, 2.75) is 52.1 Å². The Morgan fingerprint density at radius 2 is 1.95 bits per heavy atom. The molecule has 10 nitrogen and oxygen atoms in total. The number of alkyl halides is 3. The number of hydrogen-bond acceptors (Lipinski definition) is 7. The minimum absolute atomic E-state index is 0.0385. The number of benzene rings is 1. The van der Waals surface area contributed by atoms with Crippen molar-refractivity contribution in [3.63, 3.8) is 0 Å². The summed E-state index contributed by atoms with van der Waals surface area (Å²) in [5, 5.41) is 2.42. The molecule has 2 amide bonds. The second-order valence-corrected chi connectivity index (χ2v) is 11.2. The minimum atomic E-state index is -4.57. The molecule has 3 aromatic heterocycles. The van der Waals surface area contributed by atoms with E-state index < -0.39 is 17.6 Å². The summed E-state index contributed by atoms with van der Waals surface area (Å²) in [6.07, 6.45) is 1.96. The van der Waals surface area contributed by atoms with E-state index in [0.717, 1.165) is 37.0 Å². The van der Waals surface area contributed by atoms with E-state index in [9.17, 15) is 22.8 Å². The lowest BCUT2D eigenvalue weighted by molar-refractivity contribution is -0.137. The molecule has 0 spiro atoms. The zero-order valence-corrected chi connectivity index (χ0v) is 24.7. The van der Waals surface area contributed by atoms with Crippen molar-refractivity contribution in [2.24, 2.45) is 5.92 Å². The Morgan fingerprint density at radius 1 is 1.16 bits per heavy atom. The van der Waals surface area contributed by atoms with Crippen LogP contribution >= 0.6 is 0 Å². The number of rotatable bonds is 8. The Balaban J connectivity index is 1.50. The van der Waals surface area contributed by atoms with Crippen LogP contribution in [-0.2, 0) is 11.0 Å². The van der Waals surface area contributed by atoms with Crippen LogP contribution in [0.4, 0.5) is 24.8 Å². The van der Waals surface area contributed by atoms with Gasteiger partial charge in [-0.2, -0.15) is 13.2 Å². The number of pyridine rings is 1. The zero-order chi connectivity index (χ0) is 31.6. The van der Waals surface area contributed by atoms with E-state index in [1.54, 1.807) is 25.4 Å². The van der Waals surface area contributed by atoms with Crippen LogP contribution in [0.3, 0.4) is 0 Å². The number of nitrogens with zero attached hydrogens (tertiary/aromatic N) is 5. The van der Waals surface area contributed by atoms with Gasteiger partial charge in [0.1, 0.15) is 34.4 Å². The normalized spacial score (nSPS) is 15.5. The second kappa shape index (κ2) is 12.5. The number of hydrogen-bond donors (Lipinski definition) is 2. The van der Waals surface area contributed by atoms with E-state index in [2.05, 4.69) is 15.3 Å². The van der Waals surface area contributed by atoms with Crippen molar-refractivity contribution < 1.29 is 27.5 Å². The molecule has 232 valence electrons. The fourth-order valence-electron chi connectivity index (χ4n) is 5.45. The number of piperidine rings is 1. The number of anilines is 2. The Labute approximate surface area is 252 Å². The average Bonchev–Trinajstić information content (AvgIpc) is 3.37. The summed E-state index contributed by atoms with van der Waals surface area (Å²) in [7, 11) is 0. The fraction of sp³-hybridized carbons (Fsp3) is 0.387. The van der Waals surface area contributed by atoms with Gasteiger partial charge < -0.3 is 20.7 Å². The first-order chi connectivity index (χ1) is 21.0. The van der Waals surface area contributed by atoms with E-state index in [1.165, 1.54) is 12.1 Å². The number of imidazole rings is 1. The van der Waals surface area contributed by atoms with Gasteiger partial charge in [0.25, 0.3) is 5.91 Å². The van der Waals surface area contributed by atoms with Crippen LogP contribution < -0.4 is 15.8 Å². The molecule has 44 heavy (non-hydrogen) atoms. The first-order valence-corrected chi connectivity index (χ1v) is 14.5. The number of fused-ring (bicyclic) bond motifs is 1. The largest absolute Gasteiger partial charge is 0.493 e. The number of carbonyl (C=O) groups is 2. The number of ether oxygens (including phenoxy) is 1. The third-order valence-electron chi connectivity index (χ3n) is 7.46. The van der Waals surface area contributed by atoms with E-state index in [1.807, 2.05) is 23.1 Å². The van der Waals surface area contributed by atoms with Crippen molar-refractivity contribution >= 4 is 29.0 Å². The molecule has 1 unspecified atom stereocenters. The number of nitrogens with two attached hydrogens (primary N) is 1. The van der Waals surface area contributed by atoms with Gasteiger partial charge in [-0.3, -0.25) is 14.0 Å². The standard InChI is InChI=1S/C31H34F3N7O3/c1-4-44-23-15-19(30(43)38-24-16-21(9-10-36-24)31(32,33)34)7-8-22(23)26-27-28(35)37-11-13-41(27)29(39-26)20-6-5-12-40(17-20)25(42)14-18(2)3/h7-11,13,15-16,18,20H,4-6,12,14,17H2,1-3H3,(H2,35,37)(H,36,38,43). The van der Waals surface area contributed by atoms with Crippen LogP contribution in [0.5, 0.6) is 5.75 Å². The predicted octanol–water partition coefficient (Wildman–Crippen LogP) is 5.80. The first kappa shape index (κ1) is 30.8. The minimum Gasteiger partial charge on any atom is -0.493 e. The van der Waals surface area contributed by atoms with Crippen LogP contribution in [0.2, 0.25) is 0 Å². The monoisotopic (exact) mass is 609 g/mol. The molecule has 1 saturated heterocycles. The Bertz CT molecular complexity index is 1690. The Hall–Kier alpha value is -4.68. The molecule has 1 aromatic carbocycles. The van der Waals surface area contributed by atoms with Gasteiger partial charge in [0.2, 0.25) is 5.91 Å². The van der Waals surface area contributed by atoms with Gasteiger partial charge in [0.05, 0.1) is 12.2 Å². The number of nitrogens with one attached hydrogen (secondary N) is 1. The number of halogens is 3. The molecule has 3 N–H and O–H groups in total. The highest BCUT2D eigenvalue weighted by atomic mass is 19.4. The summed E-state index contributed by atoms with van der Waals surface area (Å²) in [5.74, 6) is 0.789. The number of nitrogen functional groups attached to an aromatic ring is 1. The van der Waals surface area contributed by atoms with Gasteiger partial charge >= 0.3 is 6.18 Å². The summed E-state index contributed by atoms with van der Waals surface area (Å²) in [5.41, 5.74) is 7.23. The fourth-order valence-corrected chi connectivity index (χ4v) is 5.45. The Kier molecular flexibility index (Phi) is 8.75. The van der Waals surface area contributed by atoms with Crippen LogP contribution in [-0.4, -0.2) is 55.8 Å². The lowest BCUT2D eigenvalue weighted by Gasteiger charge is -2.32. The summed E-state index contributed by atoms with van der Waals surface area (Å²) in [4.78, 5) is 41.0. The van der Waals surface area contributed by atoms with E-state index >= 15 is 0 Å². The first-order valence-electron chi connectivity index (χ1n) is 14.5. The summed E-state index contributed by atoms with van der Waals surface area (Å²) in [6, 6.07) is 6.30. The zero-order valence-electron chi connectivity index (χ0n) is 24.7. The van der Waals surface area contributed by atoms with Crippen molar-refractivity contribution in [1.82, 2.24) is 24.3 Å². The van der Waals surface area contributed by atoms with E-state index in [4.69, 9.17) is 15.5 Å². The third-order valence-corrected chi connectivity index (χ3v) is 7.46. The summed E-state index contributed by atoms with van der Waals surface area (Å²) in [6.45, 7) is 7.35. The Morgan fingerprint density at radius 3 is 2.68 bits per heavy atom. The molecule has 1 atom stereocenters. The van der Waals surface area contributed by atoms with Crippen LogP contribution in [0.25, 0.3) is 16.8 Å². The molecule has 4 aromatic rings. The highest BCUT2D eigenvalue weighted by Gasteiger charge is 2.32. The molecule has 5 rings (SSSR count). The number of carbonyl (C=O) groups excluding carboxylic acids is 2. The quantitative estimate of drug-likeness (QED) is 0.259. The highest BCUT2D eigenvalue weighted by molar-refractivity contribution is 6.04. The third kappa shape index (κ3) is 6.46. The summed E-state index contributed by atoms with van der Waals surface area (Å²) >= 11 is 0. The highest BCUT2D eigenvalue weighted by Crippen LogP contribution is 2.38. The lowest BCUT2D eigenvalue weighted by atomic mass is 9.96. The van der Waals surface area contributed by atoms with Crippen LogP contribution in [0.1, 0.15) is 67.7 Å². The molecule has 13 heteroatoms. The molecule has 1 fully saturated rings. The van der Waals surface area contributed by atoms with Crippen molar-refractivity contribution in [2.75, 3.05) is 30.7 Å². The molecule has 4 heterocycles. The van der Waals surface area contributed by atoms with Crippen molar-refractivity contribution in [3.8, 4) is 17.0 Å². The lowest BCUT2D eigenvalue weighted by Crippen LogP contribution is -2.40. The van der Waals surface area contributed by atoms with Crippen molar-refractivity contribution in [1.29, 1.82) is 0 Å². The molecule has 1 aliphatic heterocycles. The average molecular weight is 610 g/mol.